The molecule has 26 heavy (non-hydrogen) atoms. The second-order valence-electron chi connectivity index (χ2n) is 6.21. The number of nitrogens with one attached hydrogen (secondary N) is 1. The highest BCUT2D eigenvalue weighted by Crippen LogP contribution is 2.12. The third-order valence-corrected chi connectivity index (χ3v) is 4.11. The van der Waals surface area contributed by atoms with Crippen molar-refractivity contribution in [3.63, 3.8) is 0 Å². The van der Waals surface area contributed by atoms with Crippen LogP contribution in [0.25, 0.3) is 5.69 Å². The fraction of sp³-hybridized carbons (Fsp3) is 0.263. The van der Waals surface area contributed by atoms with E-state index in [0.29, 0.717) is 12.1 Å². The maximum Gasteiger partial charge on any atom is 0.126 e. The minimum absolute atomic E-state index is 0.152. The highest BCUT2D eigenvalue weighted by atomic mass is 19.1. The van der Waals surface area contributed by atoms with E-state index in [9.17, 15) is 13.9 Å². The molecular formula is C19H20F2N4O. The van der Waals surface area contributed by atoms with Crippen LogP contribution in [0.1, 0.15) is 18.2 Å². The molecule has 3 aromatic rings. The summed E-state index contributed by atoms with van der Waals surface area (Å²) < 4.78 is 28.1. The molecule has 2 atom stereocenters. The molecule has 1 heterocycles. The number of halogens is 2. The van der Waals surface area contributed by atoms with Crippen LogP contribution < -0.4 is 5.32 Å². The molecule has 0 aliphatic rings. The van der Waals surface area contributed by atoms with E-state index in [2.05, 4.69) is 15.6 Å². The van der Waals surface area contributed by atoms with Gasteiger partial charge in [0.1, 0.15) is 11.6 Å². The van der Waals surface area contributed by atoms with Crippen LogP contribution in [0, 0.1) is 11.6 Å². The van der Waals surface area contributed by atoms with Gasteiger partial charge in [0, 0.05) is 25.1 Å². The lowest BCUT2D eigenvalue weighted by Gasteiger charge is -2.20. The Morgan fingerprint density at radius 1 is 1.12 bits per heavy atom. The fourth-order valence-electron chi connectivity index (χ4n) is 2.63. The normalized spacial score (nSPS) is 13.5. The summed E-state index contributed by atoms with van der Waals surface area (Å²) in [5.74, 6) is -1.30. The Labute approximate surface area is 150 Å². The SMILES string of the molecule is CC(NCc1cn(-c2ccccc2)nn1)C(O)Cc1cc(F)cc(F)c1. The number of para-hydroxylation sites is 1. The predicted molar refractivity (Wildman–Crippen MR) is 93.7 cm³/mol. The second kappa shape index (κ2) is 8.16. The third kappa shape index (κ3) is 4.71. The Hall–Kier alpha value is -2.64. The van der Waals surface area contributed by atoms with Crippen LogP contribution in [0.2, 0.25) is 0 Å². The maximum atomic E-state index is 13.2. The molecule has 2 unspecified atom stereocenters. The van der Waals surface area contributed by atoms with Crippen molar-refractivity contribution < 1.29 is 13.9 Å². The van der Waals surface area contributed by atoms with Crippen molar-refractivity contribution in [3.8, 4) is 5.69 Å². The van der Waals surface area contributed by atoms with Crippen molar-refractivity contribution in [1.82, 2.24) is 20.3 Å². The summed E-state index contributed by atoms with van der Waals surface area (Å²) in [4.78, 5) is 0. The average Bonchev–Trinajstić information content (AvgIpc) is 3.08. The van der Waals surface area contributed by atoms with Gasteiger partial charge in [0.05, 0.1) is 23.7 Å². The Balaban J connectivity index is 1.55. The van der Waals surface area contributed by atoms with E-state index in [1.54, 1.807) is 4.68 Å². The van der Waals surface area contributed by atoms with E-state index in [4.69, 9.17) is 0 Å². The number of aromatic nitrogens is 3. The number of nitrogens with zero attached hydrogens (tertiary/aromatic N) is 3. The van der Waals surface area contributed by atoms with Gasteiger partial charge in [0.25, 0.3) is 0 Å². The molecular weight excluding hydrogens is 338 g/mol. The fourth-order valence-corrected chi connectivity index (χ4v) is 2.63. The third-order valence-electron chi connectivity index (χ3n) is 4.11. The number of hydrogen-bond donors (Lipinski definition) is 2. The lowest BCUT2D eigenvalue weighted by Crippen LogP contribution is -2.38. The summed E-state index contributed by atoms with van der Waals surface area (Å²) in [6, 6.07) is 12.6. The van der Waals surface area contributed by atoms with E-state index < -0.39 is 17.7 Å². The molecule has 136 valence electrons. The summed E-state index contributed by atoms with van der Waals surface area (Å²) >= 11 is 0. The average molecular weight is 358 g/mol. The molecule has 0 spiro atoms. The van der Waals surface area contributed by atoms with E-state index in [0.717, 1.165) is 17.4 Å². The lowest BCUT2D eigenvalue weighted by molar-refractivity contribution is 0.133. The zero-order valence-electron chi connectivity index (χ0n) is 14.3. The van der Waals surface area contributed by atoms with Gasteiger partial charge in [-0.15, -0.1) is 5.10 Å². The van der Waals surface area contributed by atoms with Crippen LogP contribution >= 0.6 is 0 Å². The Morgan fingerprint density at radius 2 is 1.81 bits per heavy atom. The maximum absolute atomic E-state index is 13.2. The summed E-state index contributed by atoms with van der Waals surface area (Å²) in [7, 11) is 0. The van der Waals surface area contributed by atoms with Gasteiger partial charge in [-0.25, -0.2) is 13.5 Å². The second-order valence-corrected chi connectivity index (χ2v) is 6.21. The lowest BCUT2D eigenvalue weighted by atomic mass is 10.0. The van der Waals surface area contributed by atoms with Gasteiger partial charge in [-0.1, -0.05) is 23.4 Å². The Bertz CT molecular complexity index is 834. The number of aliphatic hydroxyl groups is 1. The summed E-state index contributed by atoms with van der Waals surface area (Å²) in [5, 5.41) is 21.6. The summed E-state index contributed by atoms with van der Waals surface area (Å²) in [5.41, 5.74) is 2.05. The van der Waals surface area contributed by atoms with Gasteiger partial charge in [-0.2, -0.15) is 0 Å². The van der Waals surface area contributed by atoms with Crippen LogP contribution in [0.15, 0.2) is 54.7 Å². The molecule has 7 heteroatoms. The molecule has 0 aliphatic heterocycles. The topological polar surface area (TPSA) is 63.0 Å². The molecule has 0 amide bonds. The molecule has 1 aromatic heterocycles. The molecule has 0 saturated heterocycles. The van der Waals surface area contributed by atoms with Gasteiger partial charge >= 0.3 is 0 Å². The van der Waals surface area contributed by atoms with Crippen LogP contribution in [0.5, 0.6) is 0 Å². The number of aliphatic hydroxyl groups excluding tert-OH is 1. The first kappa shape index (κ1) is 18.2. The van der Waals surface area contributed by atoms with Crippen LogP contribution in [0.3, 0.4) is 0 Å². The minimum atomic E-state index is -0.791. The van der Waals surface area contributed by atoms with Crippen molar-refractivity contribution in [1.29, 1.82) is 0 Å². The summed E-state index contributed by atoms with van der Waals surface area (Å²) in [6.07, 6.45) is 1.17. The number of benzene rings is 2. The summed E-state index contributed by atoms with van der Waals surface area (Å²) in [6.45, 7) is 2.23. The van der Waals surface area contributed by atoms with E-state index in [1.165, 1.54) is 12.1 Å². The van der Waals surface area contributed by atoms with Gasteiger partial charge < -0.3 is 10.4 Å². The molecule has 5 nitrogen and oxygen atoms in total. The Kier molecular flexibility index (Phi) is 5.70. The highest BCUT2D eigenvalue weighted by molar-refractivity contribution is 5.29. The first-order valence-electron chi connectivity index (χ1n) is 8.34. The minimum Gasteiger partial charge on any atom is -0.391 e. The van der Waals surface area contributed by atoms with E-state index in [1.807, 2.05) is 43.5 Å². The standard InChI is InChI=1S/C19H20F2N4O/c1-13(19(26)9-14-7-15(20)10-16(21)8-14)22-11-17-12-25(24-23-17)18-5-3-2-4-6-18/h2-8,10,12-13,19,22,26H,9,11H2,1H3. The van der Waals surface area contributed by atoms with Crippen molar-refractivity contribution in [2.24, 2.45) is 0 Å². The highest BCUT2D eigenvalue weighted by Gasteiger charge is 2.16. The first-order valence-corrected chi connectivity index (χ1v) is 8.34. The number of hydrogen-bond acceptors (Lipinski definition) is 4. The van der Waals surface area contributed by atoms with Gasteiger partial charge in [-0.05, 0) is 36.8 Å². The van der Waals surface area contributed by atoms with Gasteiger partial charge in [0.15, 0.2) is 0 Å². The zero-order valence-corrected chi connectivity index (χ0v) is 14.3. The molecule has 2 N–H and O–H groups in total. The molecule has 2 aromatic carbocycles. The predicted octanol–water partition coefficient (Wildman–Crippen LogP) is 2.63. The van der Waals surface area contributed by atoms with Crippen molar-refractivity contribution >= 4 is 0 Å². The van der Waals surface area contributed by atoms with Crippen LogP contribution in [-0.2, 0) is 13.0 Å². The van der Waals surface area contributed by atoms with Crippen molar-refractivity contribution in [3.05, 3.63) is 77.6 Å². The smallest absolute Gasteiger partial charge is 0.126 e. The molecule has 0 saturated carbocycles. The van der Waals surface area contributed by atoms with Crippen LogP contribution in [-0.4, -0.2) is 32.2 Å². The molecule has 0 aliphatic carbocycles. The zero-order chi connectivity index (χ0) is 18.5. The molecule has 0 fully saturated rings. The van der Waals surface area contributed by atoms with Crippen molar-refractivity contribution in [2.75, 3.05) is 0 Å². The van der Waals surface area contributed by atoms with E-state index in [-0.39, 0.29) is 12.5 Å². The quantitative estimate of drug-likeness (QED) is 0.682. The Morgan fingerprint density at radius 3 is 2.50 bits per heavy atom. The largest absolute Gasteiger partial charge is 0.391 e. The molecule has 0 radical (unpaired) electrons. The van der Waals surface area contributed by atoms with Crippen molar-refractivity contribution in [2.45, 2.75) is 32.0 Å². The van der Waals surface area contributed by atoms with Gasteiger partial charge in [-0.3, -0.25) is 0 Å². The monoisotopic (exact) mass is 358 g/mol. The number of rotatable bonds is 7. The van der Waals surface area contributed by atoms with E-state index >= 15 is 0 Å². The van der Waals surface area contributed by atoms with Crippen LogP contribution in [0.4, 0.5) is 8.78 Å². The molecule has 0 bridgehead atoms. The van der Waals surface area contributed by atoms with Gasteiger partial charge in [0.2, 0.25) is 0 Å². The first-order chi connectivity index (χ1) is 12.5. The molecule has 3 rings (SSSR count).